The molecule has 1 aliphatic rings. The zero-order valence-electron chi connectivity index (χ0n) is 16.8. The molecule has 1 heterocycles. The minimum atomic E-state index is -1.01. The molecule has 0 saturated heterocycles. The van der Waals surface area contributed by atoms with E-state index in [-0.39, 0.29) is 42.3 Å². The minimum absolute atomic E-state index is 0. The summed E-state index contributed by atoms with van der Waals surface area (Å²) in [6.45, 7) is 0.710. The first-order valence-corrected chi connectivity index (χ1v) is 9.92. The van der Waals surface area contributed by atoms with E-state index in [4.69, 9.17) is 0 Å². The molecule has 31 heavy (non-hydrogen) atoms. The number of amides is 1. The molecule has 1 fully saturated rings. The van der Waals surface area contributed by atoms with Crippen molar-refractivity contribution in [3.05, 3.63) is 77.5 Å². The smallest absolute Gasteiger partial charge is 0.251 e. The third-order valence-electron chi connectivity index (χ3n) is 5.47. The summed E-state index contributed by atoms with van der Waals surface area (Å²) in [7, 11) is 0. The van der Waals surface area contributed by atoms with Gasteiger partial charge in [-0.2, -0.15) is 0 Å². The lowest BCUT2D eigenvalue weighted by molar-refractivity contribution is 0.0923. The van der Waals surface area contributed by atoms with Gasteiger partial charge in [0, 0.05) is 29.6 Å². The fraction of sp³-hybridized carbons (Fsp3) is 0.304. The Bertz CT molecular complexity index is 1030. The lowest BCUT2D eigenvalue weighted by Crippen LogP contribution is -2.42. The van der Waals surface area contributed by atoms with Crippen molar-refractivity contribution in [3.63, 3.8) is 0 Å². The molecule has 2 N–H and O–H groups in total. The number of hydrogen-bond donors (Lipinski definition) is 2. The van der Waals surface area contributed by atoms with Crippen molar-refractivity contribution in [1.29, 1.82) is 0 Å². The van der Waals surface area contributed by atoms with Crippen LogP contribution in [0.25, 0.3) is 10.9 Å². The van der Waals surface area contributed by atoms with Gasteiger partial charge in [-0.15, -0.1) is 24.8 Å². The molecule has 2 aromatic carbocycles. The van der Waals surface area contributed by atoms with E-state index in [1.54, 1.807) is 0 Å². The van der Waals surface area contributed by atoms with Crippen molar-refractivity contribution < 1.29 is 13.6 Å². The maximum absolute atomic E-state index is 13.3. The summed E-state index contributed by atoms with van der Waals surface area (Å²) in [6, 6.07) is 15.8. The van der Waals surface area contributed by atoms with Crippen LogP contribution >= 0.6 is 24.8 Å². The topological polar surface area (TPSA) is 54.0 Å². The number of carbonyl (C=O) groups excluding carboxylic acids is 1. The van der Waals surface area contributed by atoms with Crippen molar-refractivity contribution in [2.45, 2.75) is 44.3 Å². The third kappa shape index (κ3) is 6.35. The first kappa shape index (κ1) is 25.0. The first-order chi connectivity index (χ1) is 14.1. The summed E-state index contributed by atoms with van der Waals surface area (Å²) >= 11 is 0. The minimum Gasteiger partial charge on any atom is -0.349 e. The summed E-state index contributed by atoms with van der Waals surface area (Å²) in [5.41, 5.74) is 2.15. The van der Waals surface area contributed by atoms with Gasteiger partial charge in [-0.05, 0) is 56.0 Å². The average molecular weight is 468 g/mol. The number of para-hydroxylation sites is 1. The Morgan fingerprint density at radius 2 is 1.61 bits per heavy atom. The highest BCUT2D eigenvalue weighted by Gasteiger charge is 2.23. The molecule has 0 aliphatic heterocycles. The average Bonchev–Trinajstić information content (AvgIpc) is 2.75. The highest BCUT2D eigenvalue weighted by atomic mass is 35.5. The van der Waals surface area contributed by atoms with E-state index in [1.165, 1.54) is 6.07 Å². The summed E-state index contributed by atoms with van der Waals surface area (Å²) in [4.78, 5) is 16.9. The summed E-state index contributed by atoms with van der Waals surface area (Å²) in [6.07, 6.45) is 3.57. The van der Waals surface area contributed by atoms with Gasteiger partial charge in [-0.1, -0.05) is 24.3 Å². The highest BCUT2D eigenvalue weighted by molar-refractivity contribution is 5.94. The van der Waals surface area contributed by atoms with E-state index in [1.807, 2.05) is 24.3 Å². The number of nitrogens with zero attached hydrogens (tertiary/aromatic N) is 1. The molecule has 0 spiro atoms. The van der Waals surface area contributed by atoms with Crippen molar-refractivity contribution in [2.24, 2.45) is 0 Å². The number of halogens is 4. The second-order valence-corrected chi connectivity index (χ2v) is 7.53. The molecule has 0 bridgehead atoms. The van der Waals surface area contributed by atoms with Crippen molar-refractivity contribution in [1.82, 2.24) is 15.6 Å². The first-order valence-electron chi connectivity index (χ1n) is 9.92. The van der Waals surface area contributed by atoms with E-state index < -0.39 is 11.6 Å². The molecule has 3 aromatic rings. The monoisotopic (exact) mass is 467 g/mol. The molecule has 0 unspecified atom stereocenters. The van der Waals surface area contributed by atoms with E-state index in [9.17, 15) is 13.6 Å². The Hall–Kier alpha value is -2.28. The number of aromatic nitrogens is 1. The molecule has 1 saturated carbocycles. The maximum atomic E-state index is 13.3. The van der Waals surface area contributed by atoms with Gasteiger partial charge in [0.05, 0.1) is 11.2 Å². The lowest BCUT2D eigenvalue weighted by Gasteiger charge is -2.29. The lowest BCUT2D eigenvalue weighted by atomic mass is 9.91. The molecule has 1 amide bonds. The second-order valence-electron chi connectivity index (χ2n) is 7.53. The van der Waals surface area contributed by atoms with Gasteiger partial charge >= 0.3 is 0 Å². The van der Waals surface area contributed by atoms with Gasteiger partial charge < -0.3 is 10.6 Å². The van der Waals surface area contributed by atoms with E-state index >= 15 is 0 Å². The number of rotatable bonds is 5. The van der Waals surface area contributed by atoms with Crippen LogP contribution in [0, 0.1) is 11.6 Å². The normalized spacial score (nSPS) is 18.0. The maximum Gasteiger partial charge on any atom is 0.251 e. The number of hydrogen-bond acceptors (Lipinski definition) is 3. The molecular weight excluding hydrogens is 443 g/mol. The highest BCUT2D eigenvalue weighted by Crippen LogP contribution is 2.20. The Morgan fingerprint density at radius 3 is 2.35 bits per heavy atom. The van der Waals surface area contributed by atoms with Gasteiger partial charge in [0.2, 0.25) is 0 Å². The van der Waals surface area contributed by atoms with Crippen molar-refractivity contribution in [3.8, 4) is 0 Å². The van der Waals surface area contributed by atoms with Crippen LogP contribution < -0.4 is 10.6 Å². The van der Waals surface area contributed by atoms with E-state index in [0.29, 0.717) is 12.6 Å². The van der Waals surface area contributed by atoms with Crippen molar-refractivity contribution in [2.75, 3.05) is 0 Å². The number of carbonyl (C=O) groups is 1. The van der Waals surface area contributed by atoms with Gasteiger partial charge in [-0.3, -0.25) is 9.78 Å². The fourth-order valence-corrected chi connectivity index (χ4v) is 3.80. The van der Waals surface area contributed by atoms with Crippen LogP contribution in [0.2, 0.25) is 0 Å². The summed E-state index contributed by atoms with van der Waals surface area (Å²) < 4.78 is 26.3. The molecule has 4 rings (SSSR count). The zero-order chi connectivity index (χ0) is 20.2. The molecule has 1 aliphatic carbocycles. The van der Waals surface area contributed by atoms with Gasteiger partial charge in [0.15, 0.2) is 11.6 Å². The third-order valence-corrected chi connectivity index (χ3v) is 5.47. The number of fused-ring (bicyclic) bond motifs is 1. The molecule has 4 nitrogen and oxygen atoms in total. The standard InChI is InChI=1S/C23H23F2N3O.2ClH/c24-20-12-6-16(13-21(20)25)23(29)28-18-10-8-17(9-11-18)26-14-19-7-5-15-3-1-2-4-22(15)27-19;;/h1-7,12-13,17-18,26H,8-11,14H2,(H,28,29);2*1H. The molecule has 8 heteroatoms. The Morgan fingerprint density at radius 1 is 0.903 bits per heavy atom. The zero-order valence-corrected chi connectivity index (χ0v) is 18.4. The number of pyridine rings is 1. The second kappa shape index (κ2) is 11.4. The van der Waals surface area contributed by atoms with E-state index in [0.717, 1.165) is 54.4 Å². The van der Waals surface area contributed by atoms with Crippen molar-refractivity contribution >= 4 is 41.6 Å². The SMILES string of the molecule is Cl.Cl.O=C(NC1CCC(NCc2ccc3ccccc3n2)CC1)c1ccc(F)c(F)c1. The molecule has 0 atom stereocenters. The predicted octanol–water partition coefficient (Wildman–Crippen LogP) is 5.19. The van der Waals surface area contributed by atoms with Crippen LogP contribution in [0.4, 0.5) is 8.78 Å². The van der Waals surface area contributed by atoms with Gasteiger partial charge in [0.25, 0.3) is 5.91 Å². The summed E-state index contributed by atoms with van der Waals surface area (Å²) in [5, 5.41) is 7.62. The van der Waals surface area contributed by atoms with Crippen LogP contribution in [0.5, 0.6) is 0 Å². The van der Waals surface area contributed by atoms with Crippen LogP contribution in [-0.2, 0) is 6.54 Å². The molecular formula is C23H25Cl2F2N3O. The van der Waals surface area contributed by atoms with Crippen LogP contribution in [0.3, 0.4) is 0 Å². The number of nitrogens with one attached hydrogen (secondary N) is 2. The van der Waals surface area contributed by atoms with Gasteiger partial charge in [0.1, 0.15) is 0 Å². The van der Waals surface area contributed by atoms with Gasteiger partial charge in [-0.25, -0.2) is 8.78 Å². The fourth-order valence-electron chi connectivity index (χ4n) is 3.80. The van der Waals surface area contributed by atoms with Crippen LogP contribution in [0.15, 0.2) is 54.6 Å². The summed E-state index contributed by atoms with van der Waals surface area (Å²) in [5.74, 6) is -2.32. The quantitative estimate of drug-likeness (QED) is 0.542. The Labute approximate surface area is 192 Å². The van der Waals surface area contributed by atoms with Crippen LogP contribution in [-0.4, -0.2) is 23.0 Å². The van der Waals surface area contributed by atoms with Crippen LogP contribution in [0.1, 0.15) is 41.7 Å². The molecule has 0 radical (unpaired) electrons. The Kier molecular flexibility index (Phi) is 9.16. The molecule has 166 valence electrons. The predicted molar refractivity (Wildman–Crippen MR) is 123 cm³/mol. The molecule has 1 aromatic heterocycles. The number of benzene rings is 2. The van der Waals surface area contributed by atoms with E-state index in [2.05, 4.69) is 27.8 Å². The largest absolute Gasteiger partial charge is 0.349 e. The Balaban J connectivity index is 0.00000171.